The fourth-order valence-corrected chi connectivity index (χ4v) is 4.07. The highest BCUT2D eigenvalue weighted by Crippen LogP contribution is 2.34. The van der Waals surface area contributed by atoms with Crippen molar-refractivity contribution in [2.45, 2.75) is 32.6 Å². The molecule has 0 aromatic heterocycles. The average molecular weight is 420 g/mol. The van der Waals surface area contributed by atoms with Gasteiger partial charge in [-0.15, -0.1) is 0 Å². The van der Waals surface area contributed by atoms with Gasteiger partial charge in [0.25, 0.3) is 11.8 Å². The number of nitrogens with zero attached hydrogens (tertiary/aromatic N) is 2. The predicted octanol–water partition coefficient (Wildman–Crippen LogP) is 3.35. The Balaban J connectivity index is 1.42. The third kappa shape index (κ3) is 3.71. The SMILES string of the molecule is CC[C@H](C)c1ccccc1N1C[C@@H](C(=O)OCN2C(=O)c3ccccc3C2=O)CC1=O. The minimum Gasteiger partial charge on any atom is -0.443 e. The van der Waals surface area contributed by atoms with Crippen LogP contribution in [0.4, 0.5) is 5.69 Å². The maximum absolute atomic E-state index is 12.7. The van der Waals surface area contributed by atoms with Gasteiger partial charge in [-0.3, -0.25) is 19.2 Å². The van der Waals surface area contributed by atoms with Crippen LogP contribution in [0.15, 0.2) is 48.5 Å². The van der Waals surface area contributed by atoms with E-state index in [0.29, 0.717) is 11.1 Å². The summed E-state index contributed by atoms with van der Waals surface area (Å²) in [5.74, 6) is -2.07. The fourth-order valence-electron chi connectivity index (χ4n) is 4.07. The van der Waals surface area contributed by atoms with Crippen LogP contribution < -0.4 is 4.90 Å². The van der Waals surface area contributed by atoms with E-state index in [0.717, 1.165) is 22.6 Å². The van der Waals surface area contributed by atoms with E-state index in [2.05, 4.69) is 13.8 Å². The Labute approximate surface area is 180 Å². The number of esters is 1. The van der Waals surface area contributed by atoms with Gasteiger partial charge in [-0.2, -0.15) is 0 Å². The molecular formula is C24H24N2O5. The van der Waals surface area contributed by atoms with E-state index in [9.17, 15) is 19.2 Å². The first-order valence-corrected chi connectivity index (χ1v) is 10.4. The van der Waals surface area contributed by atoms with Gasteiger partial charge in [-0.1, -0.05) is 44.2 Å². The van der Waals surface area contributed by atoms with E-state index >= 15 is 0 Å². The highest BCUT2D eigenvalue weighted by molar-refractivity contribution is 6.21. The highest BCUT2D eigenvalue weighted by atomic mass is 16.5. The monoisotopic (exact) mass is 420 g/mol. The summed E-state index contributed by atoms with van der Waals surface area (Å²) in [6.45, 7) is 3.95. The molecule has 2 aliphatic heterocycles. The van der Waals surface area contributed by atoms with E-state index < -0.39 is 30.4 Å². The minimum absolute atomic E-state index is 0.0375. The first-order valence-electron chi connectivity index (χ1n) is 10.4. The number of carbonyl (C=O) groups excluding carboxylic acids is 4. The second kappa shape index (κ2) is 8.34. The van der Waals surface area contributed by atoms with Crippen LogP contribution >= 0.6 is 0 Å². The predicted molar refractivity (Wildman–Crippen MR) is 114 cm³/mol. The standard InChI is InChI=1S/C24H24N2O5/c1-3-15(2)17-8-6-7-11-20(17)25-13-16(12-21(25)27)24(30)31-14-26-22(28)18-9-4-5-10-19(18)23(26)29/h4-11,15-16H,3,12-14H2,1-2H3/t15-,16-/m0/s1. The topological polar surface area (TPSA) is 84.0 Å². The number of fused-ring (bicyclic) bond motifs is 1. The Bertz CT molecular complexity index is 1030. The maximum atomic E-state index is 12.7. The molecule has 0 N–H and O–H groups in total. The zero-order valence-electron chi connectivity index (χ0n) is 17.5. The first kappa shape index (κ1) is 20.8. The molecule has 7 heteroatoms. The lowest BCUT2D eigenvalue weighted by Crippen LogP contribution is -2.35. The Kier molecular flexibility index (Phi) is 5.59. The van der Waals surface area contributed by atoms with Gasteiger partial charge in [0.15, 0.2) is 6.73 Å². The fraction of sp³-hybridized carbons (Fsp3) is 0.333. The van der Waals surface area contributed by atoms with Crippen molar-refractivity contribution in [3.05, 3.63) is 65.2 Å². The largest absolute Gasteiger partial charge is 0.443 e. The molecule has 31 heavy (non-hydrogen) atoms. The van der Waals surface area contributed by atoms with Gasteiger partial charge in [0.1, 0.15) is 0 Å². The maximum Gasteiger partial charge on any atom is 0.313 e. The zero-order valence-corrected chi connectivity index (χ0v) is 17.5. The second-order valence-electron chi connectivity index (χ2n) is 7.95. The Hall–Kier alpha value is -3.48. The number of hydrogen-bond donors (Lipinski definition) is 0. The van der Waals surface area contributed by atoms with E-state index in [1.807, 2.05) is 24.3 Å². The summed E-state index contributed by atoms with van der Waals surface area (Å²) in [5.41, 5.74) is 2.48. The molecule has 0 aliphatic carbocycles. The van der Waals surface area contributed by atoms with Crippen molar-refractivity contribution in [3.8, 4) is 0 Å². The lowest BCUT2D eigenvalue weighted by Gasteiger charge is -2.23. The number of carbonyl (C=O) groups is 4. The van der Waals surface area contributed by atoms with E-state index in [1.54, 1.807) is 29.2 Å². The normalized spacial score (nSPS) is 19.0. The van der Waals surface area contributed by atoms with Gasteiger partial charge in [0.05, 0.1) is 17.0 Å². The second-order valence-corrected chi connectivity index (χ2v) is 7.95. The number of rotatable bonds is 6. The molecule has 160 valence electrons. The number of imide groups is 1. The van der Waals surface area contributed by atoms with Crippen LogP contribution in [0, 0.1) is 5.92 Å². The summed E-state index contributed by atoms with van der Waals surface area (Å²) in [4.78, 5) is 52.7. The van der Waals surface area contributed by atoms with Crippen LogP contribution in [0.5, 0.6) is 0 Å². The summed E-state index contributed by atoms with van der Waals surface area (Å²) in [6.07, 6.45) is 0.973. The van der Waals surface area contributed by atoms with Gasteiger partial charge in [-0.25, -0.2) is 4.90 Å². The molecule has 0 saturated carbocycles. The summed E-state index contributed by atoms with van der Waals surface area (Å²) in [6, 6.07) is 14.2. The van der Waals surface area contributed by atoms with Crippen LogP contribution in [0.2, 0.25) is 0 Å². The molecule has 1 fully saturated rings. The van der Waals surface area contributed by atoms with Crippen molar-refractivity contribution in [2.75, 3.05) is 18.2 Å². The van der Waals surface area contributed by atoms with E-state index in [4.69, 9.17) is 4.74 Å². The van der Waals surface area contributed by atoms with Crippen molar-refractivity contribution in [1.29, 1.82) is 0 Å². The molecule has 2 aromatic carbocycles. The molecule has 1 saturated heterocycles. The number of benzene rings is 2. The number of para-hydroxylation sites is 1. The molecule has 4 rings (SSSR count). The van der Waals surface area contributed by atoms with Gasteiger partial charge >= 0.3 is 5.97 Å². The van der Waals surface area contributed by atoms with Crippen molar-refractivity contribution >= 4 is 29.4 Å². The number of amides is 3. The molecule has 0 spiro atoms. The number of ether oxygens (including phenoxy) is 1. The Morgan fingerprint density at radius 2 is 1.65 bits per heavy atom. The summed E-state index contributed by atoms with van der Waals surface area (Å²) in [7, 11) is 0. The smallest absolute Gasteiger partial charge is 0.313 e. The van der Waals surface area contributed by atoms with Crippen molar-refractivity contribution < 1.29 is 23.9 Å². The molecule has 3 amide bonds. The molecule has 0 bridgehead atoms. The Morgan fingerprint density at radius 3 is 2.29 bits per heavy atom. The van der Waals surface area contributed by atoms with E-state index in [-0.39, 0.29) is 24.8 Å². The first-order chi connectivity index (χ1) is 14.9. The van der Waals surface area contributed by atoms with Gasteiger partial charge in [0, 0.05) is 18.7 Å². The molecule has 2 aliphatic rings. The summed E-state index contributed by atoms with van der Waals surface area (Å²) >= 11 is 0. The summed E-state index contributed by atoms with van der Waals surface area (Å²) < 4.78 is 5.28. The molecular weight excluding hydrogens is 396 g/mol. The van der Waals surface area contributed by atoms with Crippen LogP contribution in [0.1, 0.15) is 58.9 Å². The number of hydrogen-bond acceptors (Lipinski definition) is 5. The van der Waals surface area contributed by atoms with Gasteiger partial charge in [0.2, 0.25) is 5.91 Å². The van der Waals surface area contributed by atoms with Crippen LogP contribution in [0.3, 0.4) is 0 Å². The quantitative estimate of drug-likeness (QED) is 0.529. The average Bonchev–Trinajstić information content (AvgIpc) is 3.29. The van der Waals surface area contributed by atoms with Crippen molar-refractivity contribution in [2.24, 2.45) is 5.92 Å². The molecule has 2 heterocycles. The summed E-state index contributed by atoms with van der Waals surface area (Å²) in [5, 5.41) is 0. The van der Waals surface area contributed by atoms with Crippen molar-refractivity contribution in [1.82, 2.24) is 4.90 Å². The third-order valence-corrected chi connectivity index (χ3v) is 6.04. The third-order valence-electron chi connectivity index (χ3n) is 6.04. The zero-order chi connectivity index (χ0) is 22.1. The molecule has 2 aromatic rings. The lowest BCUT2D eigenvalue weighted by atomic mass is 9.96. The molecule has 0 unspecified atom stereocenters. The van der Waals surface area contributed by atoms with Gasteiger partial charge in [-0.05, 0) is 36.1 Å². The molecule has 2 atom stereocenters. The molecule has 0 radical (unpaired) electrons. The lowest BCUT2D eigenvalue weighted by molar-refractivity contribution is -0.151. The highest BCUT2D eigenvalue weighted by Gasteiger charge is 2.39. The van der Waals surface area contributed by atoms with Crippen LogP contribution in [0.25, 0.3) is 0 Å². The van der Waals surface area contributed by atoms with Crippen molar-refractivity contribution in [3.63, 3.8) is 0 Å². The molecule has 7 nitrogen and oxygen atoms in total. The van der Waals surface area contributed by atoms with Crippen LogP contribution in [-0.4, -0.2) is 41.9 Å². The minimum atomic E-state index is -0.646. The van der Waals surface area contributed by atoms with Crippen LogP contribution in [-0.2, 0) is 14.3 Å². The number of anilines is 1. The van der Waals surface area contributed by atoms with E-state index in [1.165, 1.54) is 0 Å². The Morgan fingerprint density at radius 1 is 1.03 bits per heavy atom. The van der Waals surface area contributed by atoms with Gasteiger partial charge < -0.3 is 9.64 Å².